The van der Waals surface area contributed by atoms with Gasteiger partial charge in [0.05, 0.1) is 5.60 Å². The number of hydrogen-bond acceptors (Lipinski definition) is 6. The molecule has 6 heteroatoms. The first-order valence-electron chi connectivity index (χ1n) is 16.7. The van der Waals surface area contributed by atoms with Crippen molar-refractivity contribution >= 4 is 17.5 Å². The zero-order valence-electron chi connectivity index (χ0n) is 30.5. The molecule has 256 valence electrons. The lowest BCUT2D eigenvalue weighted by Crippen LogP contribution is -2.47. The van der Waals surface area contributed by atoms with E-state index in [9.17, 15) is 19.5 Å². The fraction of sp³-hybridized carbons (Fsp3) is 0.537. The summed E-state index contributed by atoms with van der Waals surface area (Å²) in [5.74, 6) is -0.0591. The smallest absolute Gasteiger partial charge is 0.302 e. The molecule has 1 N–H and O–H groups in total. The maximum absolute atomic E-state index is 13.1. The summed E-state index contributed by atoms with van der Waals surface area (Å²) < 4.78 is 11.6. The average molecular weight is 645 g/mol. The van der Waals surface area contributed by atoms with Crippen molar-refractivity contribution in [1.29, 1.82) is 0 Å². The van der Waals surface area contributed by atoms with Crippen LogP contribution in [-0.2, 0) is 23.9 Å². The van der Waals surface area contributed by atoms with Crippen LogP contribution in [0, 0.1) is 10.8 Å². The van der Waals surface area contributed by atoms with Gasteiger partial charge in [-0.25, -0.2) is 0 Å². The molecule has 0 amide bonds. The SMILES string of the molecule is CC(=O)OC1CC(C)(C)/C(=C/C(C)=C/C=C/C(C)=C/C=C/C=C(C)/C=C/C=C(\C)C(=O)CC23OC2(C)CC(=O)CC3(C)C)C(C)(O)C1. The van der Waals surface area contributed by atoms with Gasteiger partial charge in [0.2, 0.25) is 0 Å². The summed E-state index contributed by atoms with van der Waals surface area (Å²) in [5, 5.41) is 11.2. The molecule has 2 aliphatic carbocycles. The van der Waals surface area contributed by atoms with Gasteiger partial charge in [0, 0.05) is 38.0 Å². The number of allylic oxidation sites excluding steroid dienone is 15. The van der Waals surface area contributed by atoms with Crippen LogP contribution in [0.15, 0.2) is 94.7 Å². The van der Waals surface area contributed by atoms with Gasteiger partial charge in [0.15, 0.2) is 5.78 Å². The molecule has 2 saturated carbocycles. The number of hydrogen-bond donors (Lipinski definition) is 1. The minimum atomic E-state index is -1.06. The number of epoxide rings is 1. The van der Waals surface area contributed by atoms with E-state index < -0.39 is 16.8 Å². The van der Waals surface area contributed by atoms with Gasteiger partial charge < -0.3 is 14.6 Å². The molecular formula is C41H56O6. The second kappa shape index (κ2) is 14.4. The molecule has 0 aromatic rings. The zero-order valence-corrected chi connectivity index (χ0v) is 30.5. The maximum Gasteiger partial charge on any atom is 0.302 e. The standard InChI is InChI=1S/C41H56O6/c1-28(18-14-20-30(3)22-36-37(6,7)25-34(46-32(5)42)26-39(36,10)45)16-12-13-17-29(2)19-15-21-31(4)35(44)27-41-38(8,9)23-33(43)24-40(41,11)47-41/h12-22,34,45H,23-27H2,1-11H3/b13-12+,18-14+,19-15+,28-16+,29-17+,30-20+,31-21+,36-22-. The van der Waals surface area contributed by atoms with Crippen LogP contribution in [0.4, 0.5) is 0 Å². The molecule has 3 aliphatic rings. The van der Waals surface area contributed by atoms with Gasteiger partial charge in [0.25, 0.3) is 0 Å². The Morgan fingerprint density at radius 2 is 1.36 bits per heavy atom. The molecule has 0 aromatic heterocycles. The van der Waals surface area contributed by atoms with E-state index in [0.29, 0.717) is 37.7 Å². The highest BCUT2D eigenvalue weighted by Crippen LogP contribution is 2.66. The Labute approximate surface area is 282 Å². The van der Waals surface area contributed by atoms with E-state index in [-0.39, 0.29) is 34.5 Å². The number of carbonyl (C=O) groups excluding carboxylic acids is 3. The average Bonchev–Trinajstić information content (AvgIpc) is 3.52. The van der Waals surface area contributed by atoms with E-state index in [1.807, 2.05) is 109 Å². The van der Waals surface area contributed by atoms with Crippen LogP contribution in [0.1, 0.15) is 108 Å². The largest absolute Gasteiger partial charge is 0.462 e. The molecule has 6 nitrogen and oxygen atoms in total. The third-order valence-electron chi connectivity index (χ3n) is 9.96. The molecule has 3 fully saturated rings. The van der Waals surface area contributed by atoms with Crippen molar-refractivity contribution in [1.82, 2.24) is 0 Å². The van der Waals surface area contributed by atoms with Gasteiger partial charge in [-0.15, -0.1) is 0 Å². The molecule has 0 radical (unpaired) electrons. The molecule has 1 heterocycles. The highest BCUT2D eigenvalue weighted by atomic mass is 16.6. The number of Topliss-reactive ketones (excluding diaryl/α,β-unsaturated/α-hetero) is 2. The van der Waals surface area contributed by atoms with Crippen LogP contribution in [-0.4, -0.2) is 45.5 Å². The van der Waals surface area contributed by atoms with Crippen molar-refractivity contribution in [3.05, 3.63) is 94.7 Å². The van der Waals surface area contributed by atoms with Crippen molar-refractivity contribution in [3.8, 4) is 0 Å². The first kappa shape index (κ1) is 38.1. The molecular weight excluding hydrogens is 588 g/mol. The molecule has 0 spiro atoms. The normalized spacial score (nSPS) is 32.4. The number of rotatable bonds is 11. The number of ether oxygens (including phenoxy) is 2. The lowest BCUT2D eigenvalue weighted by atomic mass is 9.62. The van der Waals surface area contributed by atoms with E-state index in [2.05, 4.69) is 19.9 Å². The van der Waals surface area contributed by atoms with Crippen LogP contribution in [0.2, 0.25) is 0 Å². The van der Waals surface area contributed by atoms with E-state index in [1.54, 1.807) is 6.92 Å². The van der Waals surface area contributed by atoms with Crippen molar-refractivity contribution in [3.63, 3.8) is 0 Å². The zero-order chi connectivity index (χ0) is 35.4. The maximum atomic E-state index is 13.1. The predicted molar refractivity (Wildman–Crippen MR) is 190 cm³/mol. The van der Waals surface area contributed by atoms with E-state index in [1.165, 1.54) is 6.92 Å². The quantitative estimate of drug-likeness (QED) is 0.105. The fourth-order valence-electron chi connectivity index (χ4n) is 7.59. The van der Waals surface area contributed by atoms with Gasteiger partial charge in [-0.1, -0.05) is 111 Å². The Hall–Kier alpha value is -3.35. The Morgan fingerprint density at radius 1 is 0.809 bits per heavy atom. The molecule has 1 aliphatic heterocycles. The Bertz CT molecular complexity index is 1480. The third kappa shape index (κ3) is 9.39. The van der Waals surface area contributed by atoms with E-state index in [4.69, 9.17) is 9.47 Å². The molecule has 0 bridgehead atoms. The highest BCUT2D eigenvalue weighted by molar-refractivity contribution is 5.97. The highest BCUT2D eigenvalue weighted by Gasteiger charge is 2.76. The summed E-state index contributed by atoms with van der Waals surface area (Å²) in [6.45, 7) is 21.3. The monoisotopic (exact) mass is 644 g/mol. The predicted octanol–water partition coefficient (Wildman–Crippen LogP) is 8.75. The number of ketones is 2. The molecule has 3 rings (SSSR count). The molecule has 4 unspecified atom stereocenters. The molecule has 4 atom stereocenters. The summed E-state index contributed by atoms with van der Waals surface area (Å²) >= 11 is 0. The summed E-state index contributed by atoms with van der Waals surface area (Å²) in [4.78, 5) is 36.7. The molecule has 0 aromatic carbocycles. The van der Waals surface area contributed by atoms with Gasteiger partial charge >= 0.3 is 5.97 Å². The summed E-state index contributed by atoms with van der Waals surface area (Å²) in [6, 6.07) is 0. The first-order chi connectivity index (χ1) is 21.6. The van der Waals surface area contributed by atoms with Crippen molar-refractivity contribution in [2.45, 2.75) is 131 Å². The molecule has 47 heavy (non-hydrogen) atoms. The van der Waals surface area contributed by atoms with Crippen LogP contribution < -0.4 is 0 Å². The van der Waals surface area contributed by atoms with Crippen LogP contribution in [0.5, 0.6) is 0 Å². The van der Waals surface area contributed by atoms with Crippen molar-refractivity contribution in [2.24, 2.45) is 10.8 Å². The summed E-state index contributed by atoms with van der Waals surface area (Å²) in [5.41, 5.74) is 1.97. The van der Waals surface area contributed by atoms with Gasteiger partial charge in [-0.05, 0) is 64.5 Å². The van der Waals surface area contributed by atoms with Crippen molar-refractivity contribution in [2.75, 3.05) is 0 Å². The number of fused-ring (bicyclic) bond motifs is 1. The topological polar surface area (TPSA) is 93.2 Å². The first-order valence-corrected chi connectivity index (χ1v) is 16.7. The van der Waals surface area contributed by atoms with Gasteiger partial charge in [0.1, 0.15) is 23.1 Å². The number of carbonyl (C=O) groups is 3. The Kier molecular flexibility index (Phi) is 11.7. The van der Waals surface area contributed by atoms with Gasteiger partial charge in [-0.3, -0.25) is 14.4 Å². The lowest BCUT2D eigenvalue weighted by molar-refractivity contribution is -0.152. The fourth-order valence-corrected chi connectivity index (χ4v) is 7.59. The number of aliphatic hydroxyl groups is 1. The minimum absolute atomic E-state index is 0.0526. The minimum Gasteiger partial charge on any atom is -0.462 e. The summed E-state index contributed by atoms with van der Waals surface area (Å²) in [7, 11) is 0. The van der Waals surface area contributed by atoms with Crippen molar-refractivity contribution < 1.29 is 29.0 Å². The van der Waals surface area contributed by atoms with E-state index in [0.717, 1.165) is 22.3 Å². The Morgan fingerprint density at radius 3 is 1.89 bits per heavy atom. The second-order valence-corrected chi connectivity index (χ2v) is 15.6. The van der Waals surface area contributed by atoms with Crippen LogP contribution >= 0.6 is 0 Å². The van der Waals surface area contributed by atoms with Gasteiger partial charge in [-0.2, -0.15) is 0 Å². The van der Waals surface area contributed by atoms with Crippen LogP contribution in [0.25, 0.3) is 0 Å². The molecule has 1 saturated heterocycles. The van der Waals surface area contributed by atoms with E-state index >= 15 is 0 Å². The lowest BCUT2D eigenvalue weighted by Gasteiger charge is -2.46. The van der Waals surface area contributed by atoms with Crippen LogP contribution in [0.3, 0.4) is 0 Å². The Balaban J connectivity index is 1.54. The second-order valence-electron chi connectivity index (χ2n) is 15.6. The third-order valence-corrected chi connectivity index (χ3v) is 9.96. The number of esters is 1. The summed E-state index contributed by atoms with van der Waals surface area (Å²) in [6.07, 6.45) is 23.7.